The first-order valence-corrected chi connectivity index (χ1v) is 16.9. The van der Waals surface area contributed by atoms with Crippen molar-refractivity contribution in [3.05, 3.63) is 48.6 Å². The molecule has 0 aliphatic carbocycles. The van der Waals surface area contributed by atoms with Crippen LogP contribution >= 0.6 is 0 Å². The summed E-state index contributed by atoms with van der Waals surface area (Å²) < 4.78 is 0. The number of hydrogen-bond donors (Lipinski definition) is 4. The van der Waals surface area contributed by atoms with Crippen LogP contribution < -0.4 is 21.3 Å². The molecule has 4 N–H and O–H groups in total. The van der Waals surface area contributed by atoms with Gasteiger partial charge < -0.3 is 31.0 Å². The van der Waals surface area contributed by atoms with Crippen molar-refractivity contribution < 1.29 is 28.8 Å². The Labute approximate surface area is 285 Å². The van der Waals surface area contributed by atoms with Gasteiger partial charge in [0.1, 0.15) is 24.9 Å². The lowest BCUT2D eigenvalue weighted by Crippen LogP contribution is -2.62. The number of carbonyl (C=O) groups is 5. The van der Waals surface area contributed by atoms with Crippen LogP contribution in [0.1, 0.15) is 80.2 Å². The number of amides is 5. The number of nitrogens with zero attached hydrogens (tertiary/aromatic N) is 2. The predicted molar refractivity (Wildman–Crippen MR) is 187 cm³/mol. The molecule has 5 amide bonds. The van der Waals surface area contributed by atoms with E-state index in [2.05, 4.69) is 33.0 Å². The van der Waals surface area contributed by atoms with Crippen LogP contribution in [0.5, 0.6) is 0 Å². The molecule has 0 spiro atoms. The summed E-state index contributed by atoms with van der Waals surface area (Å²) in [7, 11) is 1.44. The van der Waals surface area contributed by atoms with Gasteiger partial charge in [0, 0.05) is 18.7 Å². The Morgan fingerprint density at radius 2 is 1.69 bits per heavy atom. The largest absolute Gasteiger partial charge is 0.399 e. The van der Waals surface area contributed by atoms with E-state index in [0.717, 1.165) is 5.56 Å². The Kier molecular flexibility index (Phi) is 15.3. The maximum atomic E-state index is 14.4. The van der Waals surface area contributed by atoms with E-state index < -0.39 is 59.1 Å². The third-order valence-electron chi connectivity index (χ3n) is 8.59. The van der Waals surface area contributed by atoms with Crippen LogP contribution in [0.3, 0.4) is 0 Å². The first-order valence-electron chi connectivity index (χ1n) is 16.9. The normalized spacial score (nSPS) is 18.5. The number of urea groups is 1. The van der Waals surface area contributed by atoms with Crippen LogP contribution in [0.2, 0.25) is 0 Å². The van der Waals surface area contributed by atoms with Crippen LogP contribution in [0.4, 0.5) is 4.79 Å². The zero-order valence-electron chi connectivity index (χ0n) is 30.1. The van der Waals surface area contributed by atoms with Crippen molar-refractivity contribution in [2.45, 2.75) is 98.8 Å². The van der Waals surface area contributed by atoms with Crippen molar-refractivity contribution in [3.63, 3.8) is 0 Å². The number of hydrogen-bond acceptors (Lipinski definition) is 7. The highest BCUT2D eigenvalue weighted by Crippen LogP contribution is 2.33. The Hall–Kier alpha value is -4.22. The third kappa shape index (κ3) is 10.6. The molecule has 12 heteroatoms. The van der Waals surface area contributed by atoms with E-state index in [1.807, 2.05) is 85.7 Å². The van der Waals surface area contributed by atoms with E-state index in [0.29, 0.717) is 25.1 Å². The molecule has 1 aromatic rings. The topological polar surface area (TPSA) is 158 Å². The zero-order valence-corrected chi connectivity index (χ0v) is 30.1. The van der Waals surface area contributed by atoms with Gasteiger partial charge in [-0.15, -0.1) is 6.58 Å². The molecule has 1 saturated heterocycles. The van der Waals surface area contributed by atoms with E-state index in [-0.39, 0.29) is 30.7 Å². The molecule has 1 aliphatic heterocycles. The number of carbonyl (C=O) groups excluding carboxylic acids is 5. The van der Waals surface area contributed by atoms with Crippen molar-refractivity contribution in [1.82, 2.24) is 26.2 Å². The van der Waals surface area contributed by atoms with Crippen LogP contribution in [-0.4, -0.2) is 84.5 Å². The summed E-state index contributed by atoms with van der Waals surface area (Å²) in [6.07, 6.45) is 2.85. The summed E-state index contributed by atoms with van der Waals surface area (Å²) in [5.41, 5.74) is 0.587. The fourth-order valence-corrected chi connectivity index (χ4v) is 6.00. The highest BCUT2D eigenvalue weighted by atomic mass is 16.6. The van der Waals surface area contributed by atoms with Gasteiger partial charge in [0.05, 0.1) is 12.1 Å². The minimum Gasteiger partial charge on any atom is -0.399 e. The highest BCUT2D eigenvalue weighted by Gasteiger charge is 2.47. The molecule has 1 aliphatic rings. The second-order valence-corrected chi connectivity index (χ2v) is 14.0. The molecule has 5 atom stereocenters. The van der Waals surface area contributed by atoms with E-state index in [1.54, 1.807) is 0 Å². The molecular formula is C36H56N6O6. The molecule has 2 unspecified atom stereocenters. The van der Waals surface area contributed by atoms with E-state index in [9.17, 15) is 24.0 Å². The van der Waals surface area contributed by atoms with Gasteiger partial charge in [0.15, 0.2) is 0 Å². The number of oxime groups is 1. The van der Waals surface area contributed by atoms with E-state index in [4.69, 9.17) is 4.84 Å². The van der Waals surface area contributed by atoms with Gasteiger partial charge in [0.2, 0.25) is 17.6 Å². The molecule has 266 valence electrons. The van der Waals surface area contributed by atoms with Gasteiger partial charge in [0.25, 0.3) is 5.91 Å². The average molecular weight is 669 g/mol. The van der Waals surface area contributed by atoms with Crippen LogP contribution in [0.15, 0.2) is 48.1 Å². The number of benzene rings is 1. The maximum absolute atomic E-state index is 14.4. The molecule has 0 saturated carbocycles. The maximum Gasteiger partial charge on any atom is 0.316 e. The van der Waals surface area contributed by atoms with E-state index >= 15 is 0 Å². The Balaban J connectivity index is 2.37. The SMILES string of the molecule is C=CCNC(=O)C(=O)C(CCC)NC(=O)[C@@H]1C(C(C)C)CCN1C(=O)[C@@H](NC(=O)N[C@H](/C(=N/OC)c1ccccc1)C(C)C)C(C)(C)C. The number of Topliss-reactive ketones (excluding diaryl/α,β-unsaturated/α-hetero) is 1. The molecule has 1 fully saturated rings. The lowest BCUT2D eigenvalue weighted by atomic mass is 9.84. The van der Waals surface area contributed by atoms with Crippen molar-refractivity contribution in [2.75, 3.05) is 20.2 Å². The quantitative estimate of drug-likeness (QED) is 0.0908. The van der Waals surface area contributed by atoms with Crippen LogP contribution in [0, 0.1) is 23.2 Å². The summed E-state index contributed by atoms with van der Waals surface area (Å²) in [6, 6.07) is 5.35. The lowest BCUT2D eigenvalue weighted by Gasteiger charge is -2.37. The van der Waals surface area contributed by atoms with Crippen LogP contribution in [-0.2, 0) is 24.0 Å². The van der Waals surface area contributed by atoms with Gasteiger partial charge >= 0.3 is 6.03 Å². The summed E-state index contributed by atoms with van der Waals surface area (Å²) >= 11 is 0. The van der Waals surface area contributed by atoms with Crippen LogP contribution in [0.25, 0.3) is 0 Å². The fourth-order valence-electron chi connectivity index (χ4n) is 6.00. The second kappa shape index (κ2) is 18.4. The first-order chi connectivity index (χ1) is 22.6. The Bertz CT molecular complexity index is 1310. The minimum absolute atomic E-state index is 0.0439. The van der Waals surface area contributed by atoms with Gasteiger partial charge in [-0.3, -0.25) is 19.2 Å². The molecule has 2 rings (SSSR count). The zero-order chi connectivity index (χ0) is 36.2. The molecule has 0 bridgehead atoms. The average Bonchev–Trinajstić information content (AvgIpc) is 3.49. The molecule has 12 nitrogen and oxygen atoms in total. The number of ketones is 1. The van der Waals surface area contributed by atoms with Gasteiger partial charge in [-0.05, 0) is 36.0 Å². The Morgan fingerprint density at radius 3 is 2.21 bits per heavy atom. The number of rotatable bonds is 16. The first kappa shape index (κ1) is 40.0. The third-order valence-corrected chi connectivity index (χ3v) is 8.59. The van der Waals surface area contributed by atoms with Crippen molar-refractivity contribution >= 4 is 35.2 Å². The van der Waals surface area contributed by atoms with Crippen molar-refractivity contribution in [2.24, 2.45) is 28.3 Å². The molecule has 0 aromatic heterocycles. The standard InChI is InChI=1S/C36H56N6O6/c1-11-16-26(30(43)33(45)37-20-12-2)38-32(44)29-25(22(3)4)19-21-42(29)34(46)31(36(7,8)9)40-35(47)39-27(23(5)6)28(41-48-10)24-17-14-13-15-18-24/h12-15,17-18,22-23,25-27,29,31H,2,11,16,19-21H2,1,3-10H3,(H,37,45)(H,38,44)(H2,39,40,47)/b41-28+/t25?,26?,27-,29-,31+/m0/s1. The molecule has 0 radical (unpaired) electrons. The summed E-state index contributed by atoms with van der Waals surface area (Å²) in [5, 5.41) is 15.4. The Morgan fingerprint density at radius 1 is 1.04 bits per heavy atom. The molecule has 48 heavy (non-hydrogen) atoms. The molecule has 1 aromatic carbocycles. The van der Waals surface area contributed by atoms with E-state index in [1.165, 1.54) is 18.1 Å². The monoisotopic (exact) mass is 668 g/mol. The lowest BCUT2D eigenvalue weighted by molar-refractivity contribution is -0.144. The van der Waals surface area contributed by atoms with Gasteiger partial charge in [-0.2, -0.15) is 0 Å². The summed E-state index contributed by atoms with van der Waals surface area (Å²) in [5.74, 6) is -2.68. The summed E-state index contributed by atoms with van der Waals surface area (Å²) in [4.78, 5) is 74.1. The second-order valence-electron chi connectivity index (χ2n) is 14.0. The smallest absolute Gasteiger partial charge is 0.316 e. The minimum atomic E-state index is -1.04. The molecule has 1 heterocycles. The highest BCUT2D eigenvalue weighted by molar-refractivity contribution is 6.38. The van der Waals surface area contributed by atoms with Gasteiger partial charge in [-0.1, -0.05) is 103 Å². The van der Waals surface area contributed by atoms with Crippen molar-refractivity contribution in [3.8, 4) is 0 Å². The fraction of sp³-hybridized carbons (Fsp3) is 0.611. The summed E-state index contributed by atoms with van der Waals surface area (Å²) in [6.45, 7) is 19.2. The molecular weight excluding hydrogens is 612 g/mol. The number of likely N-dealkylation sites (tertiary alicyclic amines) is 1. The predicted octanol–water partition coefficient (Wildman–Crippen LogP) is 3.80. The van der Waals surface area contributed by atoms with Crippen molar-refractivity contribution in [1.29, 1.82) is 0 Å². The van der Waals surface area contributed by atoms with Gasteiger partial charge in [-0.25, -0.2) is 4.79 Å². The number of nitrogens with one attached hydrogen (secondary N) is 4.